The van der Waals surface area contributed by atoms with Crippen molar-refractivity contribution in [1.82, 2.24) is 4.57 Å². The largest absolute Gasteiger partial charge is 0.458 e. The molecule has 0 unspecified atom stereocenters. The highest BCUT2D eigenvalue weighted by Crippen LogP contribution is 2.43. The lowest BCUT2D eigenvalue weighted by atomic mass is 9.34. The van der Waals surface area contributed by atoms with Crippen LogP contribution in [0.25, 0.3) is 83.1 Å². The Hall–Kier alpha value is -7.36. The van der Waals surface area contributed by atoms with E-state index >= 15 is 0 Å². The molecule has 0 saturated heterocycles. The molecule has 0 atom stereocenters. The maximum atomic E-state index is 6.98. The van der Waals surface area contributed by atoms with E-state index in [2.05, 4.69) is 212 Å². The molecule has 0 bridgehead atoms. The van der Waals surface area contributed by atoms with Gasteiger partial charge in [-0.05, 0) is 121 Å². The second kappa shape index (κ2) is 12.8. The molecule has 0 fully saturated rings. The smallest absolute Gasteiger partial charge is 0.256 e. The zero-order valence-corrected chi connectivity index (χ0v) is 32.0. The third-order valence-corrected chi connectivity index (χ3v) is 12.3. The zero-order chi connectivity index (χ0) is 38.3. The Morgan fingerprint density at radius 3 is 1.60 bits per heavy atom. The van der Waals surface area contributed by atoms with Gasteiger partial charge in [0.15, 0.2) is 0 Å². The molecule has 12 rings (SSSR count). The average Bonchev–Trinajstić information content (AvgIpc) is 3.62. The molecule has 2 aliphatic rings. The Bertz CT molecular complexity index is 3260. The first kappa shape index (κ1) is 32.8. The highest BCUT2D eigenvalue weighted by atomic mass is 16.5. The van der Waals surface area contributed by atoms with Crippen molar-refractivity contribution in [2.24, 2.45) is 0 Å². The molecule has 270 valence electrons. The van der Waals surface area contributed by atoms with Crippen molar-refractivity contribution in [2.75, 3.05) is 0 Å². The van der Waals surface area contributed by atoms with E-state index in [4.69, 9.17) is 4.74 Å². The van der Waals surface area contributed by atoms with Gasteiger partial charge in [0, 0.05) is 22.0 Å². The molecular formula is C55H36BNO. The zero-order valence-electron chi connectivity index (χ0n) is 32.0. The van der Waals surface area contributed by atoms with E-state index in [-0.39, 0.29) is 6.71 Å². The predicted octanol–water partition coefficient (Wildman–Crippen LogP) is 12.4. The summed E-state index contributed by atoms with van der Waals surface area (Å²) in [7, 11) is 0. The van der Waals surface area contributed by atoms with E-state index < -0.39 is 0 Å². The highest BCUT2D eigenvalue weighted by Gasteiger charge is 2.41. The molecule has 58 heavy (non-hydrogen) atoms. The second-order valence-corrected chi connectivity index (χ2v) is 15.7. The summed E-state index contributed by atoms with van der Waals surface area (Å²) in [6.07, 6.45) is 0. The number of rotatable bonds is 5. The number of hydrogen-bond acceptors (Lipinski definition) is 1. The Morgan fingerprint density at radius 1 is 0.397 bits per heavy atom. The second-order valence-electron chi connectivity index (χ2n) is 15.7. The lowest BCUT2D eigenvalue weighted by molar-refractivity contribution is 0.487. The molecule has 0 aliphatic carbocycles. The molecule has 9 aromatic carbocycles. The fraction of sp³-hybridized carbons (Fsp3) is 0.0182. The molecule has 0 N–H and O–H groups in total. The van der Waals surface area contributed by atoms with Crippen molar-refractivity contribution in [2.45, 2.75) is 6.92 Å². The van der Waals surface area contributed by atoms with Crippen LogP contribution in [-0.2, 0) is 0 Å². The summed E-state index contributed by atoms with van der Waals surface area (Å²) in [6.45, 7) is 2.17. The molecule has 0 spiro atoms. The first-order chi connectivity index (χ1) is 28.7. The summed E-state index contributed by atoms with van der Waals surface area (Å²) in [4.78, 5) is 0. The van der Waals surface area contributed by atoms with Gasteiger partial charge >= 0.3 is 0 Å². The van der Waals surface area contributed by atoms with Gasteiger partial charge in [-0.15, -0.1) is 0 Å². The van der Waals surface area contributed by atoms with Gasteiger partial charge in [-0.3, -0.25) is 0 Å². The monoisotopic (exact) mass is 737 g/mol. The Kier molecular flexibility index (Phi) is 7.27. The van der Waals surface area contributed by atoms with Gasteiger partial charge in [0.2, 0.25) is 0 Å². The number of hydrogen-bond donors (Lipinski definition) is 0. The van der Waals surface area contributed by atoms with Crippen LogP contribution >= 0.6 is 0 Å². The molecule has 2 aliphatic heterocycles. The van der Waals surface area contributed by atoms with Gasteiger partial charge in [0.05, 0.1) is 5.52 Å². The fourth-order valence-corrected chi connectivity index (χ4v) is 9.75. The number of aromatic nitrogens is 1. The summed E-state index contributed by atoms with van der Waals surface area (Å²) in [5.74, 6) is 1.85. The van der Waals surface area contributed by atoms with Gasteiger partial charge in [-0.1, -0.05) is 164 Å². The number of aryl methyl sites for hydroxylation is 1. The Labute approximate surface area is 338 Å². The summed E-state index contributed by atoms with van der Waals surface area (Å²) in [5, 5.41) is 2.50. The summed E-state index contributed by atoms with van der Waals surface area (Å²) in [5.41, 5.74) is 20.6. The van der Waals surface area contributed by atoms with Crippen LogP contribution in [-0.4, -0.2) is 11.3 Å². The number of nitrogens with zero attached hydrogens (tertiary/aromatic N) is 1. The minimum absolute atomic E-state index is 0.0133. The first-order valence-electron chi connectivity index (χ1n) is 20.1. The molecule has 0 saturated carbocycles. The van der Waals surface area contributed by atoms with Crippen LogP contribution < -0.4 is 21.1 Å². The third kappa shape index (κ3) is 5.00. The van der Waals surface area contributed by atoms with Gasteiger partial charge < -0.3 is 9.30 Å². The van der Waals surface area contributed by atoms with Crippen molar-refractivity contribution in [3.05, 3.63) is 206 Å². The molecule has 10 aromatic rings. The lowest BCUT2D eigenvalue weighted by Crippen LogP contribution is -2.58. The van der Waals surface area contributed by atoms with Gasteiger partial charge in [0.25, 0.3) is 6.71 Å². The molecule has 0 radical (unpaired) electrons. The van der Waals surface area contributed by atoms with Crippen LogP contribution in [0.2, 0.25) is 0 Å². The third-order valence-electron chi connectivity index (χ3n) is 12.3. The van der Waals surface area contributed by atoms with Crippen LogP contribution in [0.5, 0.6) is 11.5 Å². The molecule has 2 nitrogen and oxygen atoms in total. The van der Waals surface area contributed by atoms with Crippen LogP contribution in [0, 0.1) is 6.92 Å². The van der Waals surface area contributed by atoms with Gasteiger partial charge in [0.1, 0.15) is 11.5 Å². The van der Waals surface area contributed by atoms with Crippen LogP contribution in [0.4, 0.5) is 0 Å². The minimum atomic E-state index is -0.0133. The van der Waals surface area contributed by atoms with E-state index in [1.807, 2.05) is 0 Å². The van der Waals surface area contributed by atoms with Crippen molar-refractivity contribution in [1.29, 1.82) is 0 Å². The van der Waals surface area contributed by atoms with Crippen LogP contribution in [0.1, 0.15) is 5.56 Å². The van der Waals surface area contributed by atoms with E-state index in [0.717, 1.165) is 17.1 Å². The van der Waals surface area contributed by atoms with Crippen LogP contribution in [0.3, 0.4) is 0 Å². The quantitative estimate of drug-likeness (QED) is 0.160. The standard InChI is InChI=1S/C55H36BNO/c1-35-29-51-54-53(30-35)58-52-34-39(36-15-5-2-6-16-36)25-27-48(52)56(54)49-33-41(45-24-14-12-22-43(45)38-19-9-4-10-20-38)32-47-46-31-40(26-28-50(46)57(51)55(47)49)44-23-13-11-21-42(44)37-17-7-3-8-18-37/h2-34H,1H3. The van der Waals surface area contributed by atoms with Crippen molar-refractivity contribution in [3.8, 4) is 72.8 Å². The normalized spacial score (nSPS) is 12.3. The summed E-state index contributed by atoms with van der Waals surface area (Å²) < 4.78 is 9.50. The lowest BCUT2D eigenvalue weighted by Gasteiger charge is -2.34. The molecule has 3 heteroatoms. The Balaban J connectivity index is 1.17. The van der Waals surface area contributed by atoms with E-state index in [1.165, 1.54) is 99.5 Å². The maximum Gasteiger partial charge on any atom is 0.256 e. The summed E-state index contributed by atoms with van der Waals surface area (Å²) >= 11 is 0. The van der Waals surface area contributed by atoms with Crippen molar-refractivity contribution in [3.63, 3.8) is 0 Å². The number of ether oxygens (including phenoxy) is 1. The number of benzene rings is 9. The van der Waals surface area contributed by atoms with Gasteiger partial charge in [-0.25, -0.2) is 0 Å². The first-order valence-corrected chi connectivity index (χ1v) is 20.1. The highest BCUT2D eigenvalue weighted by molar-refractivity contribution is 6.99. The Morgan fingerprint density at radius 2 is 0.948 bits per heavy atom. The number of fused-ring (bicyclic) bond motifs is 7. The topological polar surface area (TPSA) is 14.2 Å². The molecular weight excluding hydrogens is 701 g/mol. The van der Waals surface area contributed by atoms with Crippen molar-refractivity contribution < 1.29 is 4.74 Å². The minimum Gasteiger partial charge on any atom is -0.458 e. The molecule has 0 amide bonds. The SMILES string of the molecule is Cc1cc2c3c(c1)-n1c4ccc(-c5ccccc5-c5ccccc5)cc4c4cc(-c5ccccc5-c5ccccc5)cc(c41)B3c1ccc(-c3ccccc3)cc1O2. The van der Waals surface area contributed by atoms with E-state index in [0.29, 0.717) is 0 Å². The van der Waals surface area contributed by atoms with Gasteiger partial charge in [-0.2, -0.15) is 0 Å². The van der Waals surface area contributed by atoms with E-state index in [1.54, 1.807) is 0 Å². The molecule has 3 heterocycles. The average molecular weight is 738 g/mol. The van der Waals surface area contributed by atoms with E-state index in [9.17, 15) is 0 Å². The van der Waals surface area contributed by atoms with Crippen molar-refractivity contribution >= 4 is 44.9 Å². The van der Waals surface area contributed by atoms with Crippen LogP contribution in [0.15, 0.2) is 200 Å². The summed E-state index contributed by atoms with van der Waals surface area (Å²) in [6, 6.07) is 73.2. The fourth-order valence-electron chi connectivity index (χ4n) is 9.75. The maximum absolute atomic E-state index is 6.98. The predicted molar refractivity (Wildman–Crippen MR) is 244 cm³/mol. The molecule has 1 aromatic heterocycles.